The summed E-state index contributed by atoms with van der Waals surface area (Å²) < 4.78 is 0. The van der Waals surface area contributed by atoms with Crippen LogP contribution in [-0.2, 0) is 11.2 Å². The number of phenolic OH excluding ortho intramolecular Hbond substituents is 1. The Morgan fingerprint density at radius 3 is 2.57 bits per heavy atom. The molecule has 23 heavy (non-hydrogen) atoms. The maximum Gasteiger partial charge on any atom is 0.222 e. The largest absolute Gasteiger partial charge is 0.508 e. The van der Waals surface area contributed by atoms with Gasteiger partial charge in [0.25, 0.3) is 0 Å². The van der Waals surface area contributed by atoms with Crippen molar-refractivity contribution in [2.45, 2.75) is 31.6 Å². The zero-order valence-corrected chi connectivity index (χ0v) is 13.2. The predicted octanol–water partition coefficient (Wildman–Crippen LogP) is 3.13. The summed E-state index contributed by atoms with van der Waals surface area (Å²) in [5.41, 5.74) is 2.37. The first-order chi connectivity index (χ1) is 11.2. The summed E-state index contributed by atoms with van der Waals surface area (Å²) >= 11 is 0. The van der Waals surface area contributed by atoms with E-state index in [-0.39, 0.29) is 5.91 Å². The third-order valence-electron chi connectivity index (χ3n) is 4.56. The molecule has 3 rings (SSSR count). The zero-order valence-electron chi connectivity index (χ0n) is 13.2. The van der Waals surface area contributed by atoms with Crippen LogP contribution >= 0.6 is 0 Å². The van der Waals surface area contributed by atoms with Gasteiger partial charge < -0.3 is 10.0 Å². The summed E-state index contributed by atoms with van der Waals surface area (Å²) in [4.78, 5) is 18.4. The number of amides is 1. The normalized spacial score (nSPS) is 15.6. The van der Waals surface area contributed by atoms with Gasteiger partial charge in [0.15, 0.2) is 0 Å². The summed E-state index contributed by atoms with van der Waals surface area (Å²) in [6, 6.07) is 11.4. The van der Waals surface area contributed by atoms with Crippen molar-refractivity contribution in [3.05, 3.63) is 59.9 Å². The molecule has 1 amide bonds. The summed E-state index contributed by atoms with van der Waals surface area (Å²) in [5, 5.41) is 9.37. The van der Waals surface area contributed by atoms with E-state index < -0.39 is 0 Å². The molecule has 1 aromatic carbocycles. The number of phenols is 1. The minimum absolute atomic E-state index is 0.234. The van der Waals surface area contributed by atoms with Crippen LogP contribution in [0.2, 0.25) is 0 Å². The first-order valence-electron chi connectivity index (χ1n) is 8.18. The van der Waals surface area contributed by atoms with Crippen molar-refractivity contribution in [2.24, 2.45) is 0 Å². The first kappa shape index (κ1) is 15.5. The Bertz CT molecular complexity index is 632. The molecule has 4 nitrogen and oxygen atoms in total. The number of rotatable bonds is 4. The second-order valence-corrected chi connectivity index (χ2v) is 6.11. The average molecular weight is 310 g/mol. The lowest BCUT2D eigenvalue weighted by molar-refractivity contribution is -0.132. The Balaban J connectivity index is 1.48. The Labute approximate surface area is 136 Å². The van der Waals surface area contributed by atoms with Crippen LogP contribution < -0.4 is 0 Å². The van der Waals surface area contributed by atoms with E-state index in [2.05, 4.69) is 4.98 Å². The highest BCUT2D eigenvalue weighted by atomic mass is 16.3. The minimum Gasteiger partial charge on any atom is -0.508 e. The van der Waals surface area contributed by atoms with Crippen molar-refractivity contribution < 1.29 is 9.90 Å². The van der Waals surface area contributed by atoms with E-state index in [4.69, 9.17) is 0 Å². The smallest absolute Gasteiger partial charge is 0.222 e. The molecular weight excluding hydrogens is 288 g/mol. The Kier molecular flexibility index (Phi) is 4.91. The van der Waals surface area contributed by atoms with Crippen molar-refractivity contribution in [1.29, 1.82) is 0 Å². The molecule has 1 aliphatic rings. The number of nitrogens with zero attached hydrogens (tertiary/aromatic N) is 2. The highest BCUT2D eigenvalue weighted by Gasteiger charge is 2.23. The summed E-state index contributed by atoms with van der Waals surface area (Å²) in [5.74, 6) is 1.02. The molecule has 0 atom stereocenters. The standard InChI is InChI=1S/C19H22N2O2/c22-18-6-4-16(5-7-18)17-9-12-21(13-10-17)19(23)8-3-15-2-1-11-20-14-15/h1-2,4-7,11,14,17,22H,3,8-10,12-13H2. The van der Waals surface area contributed by atoms with E-state index in [0.717, 1.165) is 37.9 Å². The molecule has 0 spiro atoms. The van der Waals surface area contributed by atoms with Crippen LogP contribution in [0.15, 0.2) is 48.8 Å². The fourth-order valence-corrected chi connectivity index (χ4v) is 3.16. The molecule has 1 saturated heterocycles. The van der Waals surface area contributed by atoms with E-state index in [1.807, 2.05) is 35.4 Å². The Morgan fingerprint density at radius 2 is 1.91 bits per heavy atom. The number of carbonyl (C=O) groups excluding carboxylic acids is 1. The molecule has 0 bridgehead atoms. The fourth-order valence-electron chi connectivity index (χ4n) is 3.16. The maximum atomic E-state index is 12.3. The van der Waals surface area contributed by atoms with Crippen LogP contribution in [0, 0.1) is 0 Å². The lowest BCUT2D eigenvalue weighted by Crippen LogP contribution is -2.38. The van der Waals surface area contributed by atoms with Gasteiger partial charge in [0, 0.05) is 31.9 Å². The summed E-state index contributed by atoms with van der Waals surface area (Å²) in [6.45, 7) is 1.63. The molecular formula is C19H22N2O2. The number of hydrogen-bond acceptors (Lipinski definition) is 3. The SMILES string of the molecule is O=C(CCc1cccnc1)N1CCC(c2ccc(O)cc2)CC1. The molecule has 0 radical (unpaired) electrons. The van der Waals surface area contributed by atoms with Crippen LogP contribution in [-0.4, -0.2) is 34.0 Å². The number of hydrogen-bond donors (Lipinski definition) is 1. The third-order valence-corrected chi connectivity index (χ3v) is 4.56. The highest BCUT2D eigenvalue weighted by Crippen LogP contribution is 2.29. The number of piperidine rings is 1. The van der Waals surface area contributed by atoms with Gasteiger partial charge in [-0.1, -0.05) is 18.2 Å². The van der Waals surface area contributed by atoms with Gasteiger partial charge >= 0.3 is 0 Å². The molecule has 1 fully saturated rings. The quantitative estimate of drug-likeness (QED) is 0.944. The van der Waals surface area contributed by atoms with Gasteiger partial charge in [0.05, 0.1) is 0 Å². The second-order valence-electron chi connectivity index (χ2n) is 6.11. The van der Waals surface area contributed by atoms with E-state index >= 15 is 0 Å². The molecule has 1 aliphatic heterocycles. The van der Waals surface area contributed by atoms with Gasteiger partial charge in [-0.15, -0.1) is 0 Å². The molecule has 1 N–H and O–H groups in total. The summed E-state index contributed by atoms with van der Waals surface area (Å²) in [7, 11) is 0. The lowest BCUT2D eigenvalue weighted by atomic mass is 9.89. The van der Waals surface area contributed by atoms with Crippen molar-refractivity contribution in [2.75, 3.05) is 13.1 Å². The Hall–Kier alpha value is -2.36. The highest BCUT2D eigenvalue weighted by molar-refractivity contribution is 5.76. The first-order valence-corrected chi connectivity index (χ1v) is 8.18. The van der Waals surface area contributed by atoms with Crippen molar-refractivity contribution in [3.63, 3.8) is 0 Å². The molecule has 2 aromatic rings. The molecule has 0 aliphatic carbocycles. The number of aromatic hydroxyl groups is 1. The van der Waals surface area contributed by atoms with Crippen molar-refractivity contribution in [1.82, 2.24) is 9.88 Å². The fraction of sp³-hybridized carbons (Fsp3) is 0.368. The number of pyridine rings is 1. The predicted molar refractivity (Wildman–Crippen MR) is 89.2 cm³/mol. The van der Waals surface area contributed by atoms with E-state index in [1.54, 1.807) is 18.3 Å². The van der Waals surface area contributed by atoms with Gasteiger partial charge in [-0.3, -0.25) is 9.78 Å². The van der Waals surface area contributed by atoms with Gasteiger partial charge in [-0.05, 0) is 54.5 Å². The van der Waals surface area contributed by atoms with Gasteiger partial charge in [-0.25, -0.2) is 0 Å². The molecule has 120 valence electrons. The van der Waals surface area contributed by atoms with Gasteiger partial charge in [0.1, 0.15) is 5.75 Å². The van der Waals surface area contributed by atoms with E-state index in [9.17, 15) is 9.90 Å². The minimum atomic E-state index is 0.234. The summed E-state index contributed by atoms with van der Waals surface area (Å²) in [6.07, 6.45) is 6.86. The van der Waals surface area contributed by atoms with Gasteiger partial charge in [0.2, 0.25) is 5.91 Å². The van der Waals surface area contributed by atoms with Crippen LogP contribution in [0.1, 0.15) is 36.3 Å². The number of likely N-dealkylation sites (tertiary alicyclic amines) is 1. The molecule has 0 saturated carbocycles. The lowest BCUT2D eigenvalue weighted by Gasteiger charge is -2.32. The van der Waals surface area contributed by atoms with Crippen LogP contribution in [0.5, 0.6) is 5.75 Å². The van der Waals surface area contributed by atoms with Crippen LogP contribution in [0.25, 0.3) is 0 Å². The van der Waals surface area contributed by atoms with Crippen molar-refractivity contribution >= 4 is 5.91 Å². The molecule has 0 unspecified atom stereocenters. The third kappa shape index (κ3) is 4.09. The van der Waals surface area contributed by atoms with Crippen molar-refractivity contribution in [3.8, 4) is 5.75 Å². The number of benzene rings is 1. The van der Waals surface area contributed by atoms with Crippen LogP contribution in [0.4, 0.5) is 0 Å². The zero-order chi connectivity index (χ0) is 16.1. The molecule has 1 aromatic heterocycles. The monoisotopic (exact) mass is 310 g/mol. The average Bonchev–Trinajstić information content (AvgIpc) is 2.61. The van der Waals surface area contributed by atoms with Gasteiger partial charge in [-0.2, -0.15) is 0 Å². The number of aryl methyl sites for hydroxylation is 1. The van der Waals surface area contributed by atoms with E-state index in [0.29, 0.717) is 18.1 Å². The van der Waals surface area contributed by atoms with E-state index in [1.165, 1.54) is 5.56 Å². The second kappa shape index (κ2) is 7.27. The topological polar surface area (TPSA) is 53.4 Å². The maximum absolute atomic E-state index is 12.3. The number of carbonyl (C=O) groups is 1. The molecule has 2 heterocycles. The molecule has 4 heteroatoms. The number of aromatic nitrogens is 1. The Morgan fingerprint density at radius 1 is 1.17 bits per heavy atom. The van der Waals surface area contributed by atoms with Crippen LogP contribution in [0.3, 0.4) is 0 Å².